The summed E-state index contributed by atoms with van der Waals surface area (Å²) in [7, 11) is 0. The normalized spacial score (nSPS) is 15.0. The van der Waals surface area contributed by atoms with Gasteiger partial charge in [0.2, 0.25) is 6.10 Å². The van der Waals surface area contributed by atoms with Crippen LogP contribution in [0.5, 0.6) is 0 Å². The minimum absolute atomic E-state index is 0.164. The van der Waals surface area contributed by atoms with Gasteiger partial charge < -0.3 is 14.1 Å². The van der Waals surface area contributed by atoms with Gasteiger partial charge in [0.25, 0.3) is 5.91 Å². The Morgan fingerprint density at radius 2 is 1.69 bits per heavy atom. The first-order valence-electron chi connectivity index (χ1n) is 9.76. The maximum atomic E-state index is 13.1. The lowest BCUT2D eigenvalue weighted by atomic mass is 10.1. The number of likely N-dealkylation sites (tertiary alicyclic amines) is 1. The molecule has 6 heteroatoms. The second-order valence-corrected chi connectivity index (χ2v) is 7.03. The Kier molecular flexibility index (Phi) is 5.70. The van der Waals surface area contributed by atoms with Gasteiger partial charge in [-0.15, -0.1) is 0 Å². The molecule has 1 fully saturated rings. The Bertz CT molecular complexity index is 946. The fraction of sp³-hybridized carbons (Fsp3) is 0.261. The van der Waals surface area contributed by atoms with Crippen LogP contribution in [0, 0.1) is 0 Å². The highest BCUT2D eigenvalue weighted by Crippen LogP contribution is 2.25. The molecule has 1 aliphatic rings. The summed E-state index contributed by atoms with van der Waals surface area (Å²) in [4.78, 5) is 31.6. The van der Waals surface area contributed by atoms with E-state index in [1.54, 1.807) is 35.4 Å². The lowest BCUT2D eigenvalue weighted by molar-refractivity contribution is -0.142. The van der Waals surface area contributed by atoms with Crippen molar-refractivity contribution in [3.05, 3.63) is 78.3 Å². The van der Waals surface area contributed by atoms with Crippen LogP contribution in [-0.2, 0) is 9.53 Å². The third kappa shape index (κ3) is 4.37. The number of oxazole rings is 1. The Morgan fingerprint density at radius 1 is 0.966 bits per heavy atom. The predicted octanol–water partition coefficient (Wildman–Crippen LogP) is 4.25. The van der Waals surface area contributed by atoms with Gasteiger partial charge in [-0.05, 0) is 31.4 Å². The average Bonchev–Trinajstić information content (AvgIpc) is 3.33. The maximum absolute atomic E-state index is 13.1. The van der Waals surface area contributed by atoms with Crippen LogP contribution >= 0.6 is 0 Å². The molecule has 1 saturated heterocycles. The van der Waals surface area contributed by atoms with Crippen LogP contribution in [0.3, 0.4) is 0 Å². The van der Waals surface area contributed by atoms with Crippen LogP contribution in [0.1, 0.15) is 41.3 Å². The van der Waals surface area contributed by atoms with Crippen molar-refractivity contribution >= 4 is 11.9 Å². The van der Waals surface area contributed by atoms with Crippen molar-refractivity contribution in [2.75, 3.05) is 13.1 Å². The second-order valence-electron chi connectivity index (χ2n) is 7.03. The number of rotatable bonds is 5. The smallest absolute Gasteiger partial charge is 0.339 e. The van der Waals surface area contributed by atoms with E-state index in [-0.39, 0.29) is 5.91 Å². The Morgan fingerprint density at radius 3 is 2.34 bits per heavy atom. The highest BCUT2D eigenvalue weighted by molar-refractivity contribution is 5.93. The number of carbonyl (C=O) groups excluding carboxylic acids is 2. The molecule has 2 aromatic carbocycles. The molecule has 148 valence electrons. The Labute approximate surface area is 169 Å². The van der Waals surface area contributed by atoms with Gasteiger partial charge in [-0.1, -0.05) is 42.5 Å². The molecule has 4 rings (SSSR count). The number of hydrogen-bond donors (Lipinski definition) is 0. The molecule has 0 aliphatic carbocycles. The number of piperidine rings is 1. The number of nitrogens with zero attached hydrogens (tertiary/aromatic N) is 2. The second kappa shape index (κ2) is 8.73. The summed E-state index contributed by atoms with van der Waals surface area (Å²) in [5.41, 5.74) is 1.86. The fourth-order valence-electron chi connectivity index (χ4n) is 3.47. The number of carbonyl (C=O) groups is 2. The molecule has 0 N–H and O–H groups in total. The molecule has 1 amide bonds. The molecule has 6 nitrogen and oxygen atoms in total. The topological polar surface area (TPSA) is 72.6 Å². The highest BCUT2D eigenvalue weighted by atomic mass is 16.5. The molecular weight excluding hydrogens is 368 g/mol. The van der Waals surface area contributed by atoms with E-state index in [0.717, 1.165) is 24.8 Å². The molecule has 1 aromatic heterocycles. The largest absolute Gasteiger partial charge is 0.444 e. The van der Waals surface area contributed by atoms with Gasteiger partial charge in [0, 0.05) is 24.2 Å². The summed E-state index contributed by atoms with van der Waals surface area (Å²) in [6.45, 7) is 1.40. The van der Waals surface area contributed by atoms with E-state index in [2.05, 4.69) is 4.98 Å². The van der Waals surface area contributed by atoms with Gasteiger partial charge in [-0.2, -0.15) is 0 Å². The van der Waals surface area contributed by atoms with Crippen LogP contribution in [0.25, 0.3) is 11.3 Å². The number of ether oxygens (including phenoxy) is 1. The zero-order valence-electron chi connectivity index (χ0n) is 16.0. The van der Waals surface area contributed by atoms with E-state index in [0.29, 0.717) is 30.0 Å². The molecule has 2 heterocycles. The summed E-state index contributed by atoms with van der Waals surface area (Å²) < 4.78 is 11.0. The van der Waals surface area contributed by atoms with Gasteiger partial charge in [0.15, 0.2) is 12.2 Å². The molecule has 1 atom stereocenters. The molecule has 0 unspecified atom stereocenters. The number of esters is 1. The van der Waals surface area contributed by atoms with Crippen LogP contribution < -0.4 is 0 Å². The number of benzene rings is 2. The lowest BCUT2D eigenvalue weighted by Gasteiger charge is -2.30. The molecular formula is C23H22N2O4. The van der Waals surface area contributed by atoms with Crippen molar-refractivity contribution < 1.29 is 18.7 Å². The molecule has 3 aromatic rings. The first kappa shape index (κ1) is 18.9. The SMILES string of the molecule is O=C(O[C@@H](C(=O)N1CCCCC1)c1ccccc1)c1ccc(-c2cnco2)cc1. The molecule has 0 spiro atoms. The van der Waals surface area contributed by atoms with E-state index < -0.39 is 12.1 Å². The van der Waals surface area contributed by atoms with Crippen LogP contribution in [0.15, 0.2) is 71.6 Å². The van der Waals surface area contributed by atoms with Crippen molar-refractivity contribution in [3.63, 3.8) is 0 Å². The van der Waals surface area contributed by atoms with E-state index in [1.807, 2.05) is 30.3 Å². The third-order valence-corrected chi connectivity index (χ3v) is 5.06. The van der Waals surface area contributed by atoms with Crippen molar-refractivity contribution in [1.29, 1.82) is 0 Å². The van der Waals surface area contributed by atoms with Gasteiger partial charge in [-0.3, -0.25) is 4.79 Å². The molecule has 1 aliphatic heterocycles. The number of aromatic nitrogens is 1. The van der Waals surface area contributed by atoms with Gasteiger partial charge in [-0.25, -0.2) is 9.78 Å². The minimum atomic E-state index is -0.948. The van der Waals surface area contributed by atoms with E-state index in [9.17, 15) is 9.59 Å². The summed E-state index contributed by atoms with van der Waals surface area (Å²) in [6.07, 6.45) is 5.09. The lowest BCUT2D eigenvalue weighted by Crippen LogP contribution is -2.40. The molecule has 0 bridgehead atoms. The number of amides is 1. The summed E-state index contributed by atoms with van der Waals surface area (Å²) in [5.74, 6) is -0.0804. The van der Waals surface area contributed by atoms with Gasteiger partial charge in [0.05, 0.1) is 11.8 Å². The monoisotopic (exact) mass is 390 g/mol. The van der Waals surface area contributed by atoms with Crippen LogP contribution in [-0.4, -0.2) is 34.8 Å². The van der Waals surface area contributed by atoms with Crippen molar-refractivity contribution in [2.45, 2.75) is 25.4 Å². The summed E-state index contributed by atoms with van der Waals surface area (Å²) in [6, 6.07) is 16.0. The standard InChI is InChI=1S/C23H22N2O4/c26-22(25-13-5-2-6-14-25)21(18-7-3-1-4-8-18)29-23(27)19-11-9-17(10-12-19)20-15-24-16-28-20/h1,3-4,7-12,15-16,21H,2,5-6,13-14H2/t21-/m1/s1. The maximum Gasteiger partial charge on any atom is 0.339 e. The number of hydrogen-bond acceptors (Lipinski definition) is 5. The predicted molar refractivity (Wildman–Crippen MR) is 107 cm³/mol. The molecule has 29 heavy (non-hydrogen) atoms. The van der Waals surface area contributed by atoms with Gasteiger partial charge in [0.1, 0.15) is 0 Å². The first-order chi connectivity index (χ1) is 14.2. The quantitative estimate of drug-likeness (QED) is 0.609. The fourth-order valence-corrected chi connectivity index (χ4v) is 3.47. The summed E-state index contributed by atoms with van der Waals surface area (Å²) in [5, 5.41) is 0. The highest BCUT2D eigenvalue weighted by Gasteiger charge is 2.30. The average molecular weight is 390 g/mol. The van der Waals surface area contributed by atoms with Crippen molar-refractivity contribution in [2.24, 2.45) is 0 Å². The van der Waals surface area contributed by atoms with Crippen molar-refractivity contribution in [3.8, 4) is 11.3 Å². The Balaban J connectivity index is 1.53. The third-order valence-electron chi connectivity index (χ3n) is 5.06. The zero-order chi connectivity index (χ0) is 20.1. The van der Waals surface area contributed by atoms with Crippen molar-refractivity contribution in [1.82, 2.24) is 9.88 Å². The molecule has 0 saturated carbocycles. The minimum Gasteiger partial charge on any atom is -0.444 e. The van der Waals surface area contributed by atoms with Crippen LogP contribution in [0.4, 0.5) is 0 Å². The van der Waals surface area contributed by atoms with E-state index in [1.165, 1.54) is 6.39 Å². The molecule has 0 radical (unpaired) electrons. The summed E-state index contributed by atoms with van der Waals surface area (Å²) >= 11 is 0. The Hall–Kier alpha value is -3.41. The van der Waals surface area contributed by atoms with E-state index in [4.69, 9.17) is 9.15 Å². The van der Waals surface area contributed by atoms with E-state index >= 15 is 0 Å². The first-order valence-corrected chi connectivity index (χ1v) is 9.76. The zero-order valence-corrected chi connectivity index (χ0v) is 16.0. The van der Waals surface area contributed by atoms with Gasteiger partial charge >= 0.3 is 5.97 Å². The van der Waals surface area contributed by atoms with Crippen LogP contribution in [0.2, 0.25) is 0 Å².